The fourth-order valence-electron chi connectivity index (χ4n) is 3.65. The Morgan fingerprint density at radius 3 is 2.07 bits per heavy atom. The Balaban J connectivity index is 2.03. The van der Waals surface area contributed by atoms with Crippen LogP contribution in [0.2, 0.25) is 0 Å². The molecule has 1 nitrogen and oxygen atoms in total. The molecule has 0 unspecified atom stereocenters. The van der Waals surface area contributed by atoms with Gasteiger partial charge < -0.3 is 0 Å². The van der Waals surface area contributed by atoms with E-state index in [9.17, 15) is 0 Å². The molecule has 2 aromatic carbocycles. The lowest BCUT2D eigenvalue weighted by atomic mass is 9.92. The van der Waals surface area contributed by atoms with Gasteiger partial charge in [0.05, 0.1) is 5.69 Å². The zero-order chi connectivity index (χ0) is 19.4. The van der Waals surface area contributed by atoms with Crippen molar-refractivity contribution in [3.8, 4) is 22.4 Å². The number of aromatic nitrogens is 1. The highest BCUT2D eigenvalue weighted by molar-refractivity contribution is 5.74. The van der Waals surface area contributed by atoms with E-state index >= 15 is 0 Å². The molecule has 0 fully saturated rings. The molecule has 0 aliphatic heterocycles. The maximum atomic E-state index is 4.83. The molecule has 0 aliphatic rings. The van der Waals surface area contributed by atoms with Crippen LogP contribution in [0.25, 0.3) is 22.4 Å². The number of hydrogen-bond donors (Lipinski definition) is 0. The summed E-state index contributed by atoms with van der Waals surface area (Å²) < 4.78 is 0. The molecule has 0 spiro atoms. The van der Waals surface area contributed by atoms with Crippen LogP contribution < -0.4 is 0 Å². The summed E-state index contributed by atoms with van der Waals surface area (Å²) >= 11 is 0. The molecule has 1 heterocycles. The second-order valence-corrected chi connectivity index (χ2v) is 8.43. The monoisotopic (exact) mass is 357 g/mol. The minimum absolute atomic E-state index is 0.643. The van der Waals surface area contributed by atoms with E-state index in [2.05, 4.69) is 95.4 Å². The maximum Gasteiger partial charge on any atom is 0.0705 e. The summed E-state index contributed by atoms with van der Waals surface area (Å²) in [6, 6.07) is 19.6. The molecule has 3 aromatic rings. The Labute approximate surface area is 164 Å². The first-order chi connectivity index (χ1) is 12.9. The number of pyridine rings is 1. The molecule has 0 saturated heterocycles. The van der Waals surface area contributed by atoms with Crippen LogP contribution in [-0.2, 0) is 12.8 Å². The minimum atomic E-state index is 0.643. The Hall–Kier alpha value is -2.41. The van der Waals surface area contributed by atoms with E-state index in [0.717, 1.165) is 18.5 Å². The topological polar surface area (TPSA) is 12.9 Å². The number of rotatable bonds is 6. The Morgan fingerprint density at radius 2 is 1.41 bits per heavy atom. The lowest BCUT2D eigenvalue weighted by molar-refractivity contribution is 0.614. The van der Waals surface area contributed by atoms with Crippen LogP contribution >= 0.6 is 0 Å². The van der Waals surface area contributed by atoms with E-state index < -0.39 is 0 Å². The standard InChI is InChI=1S/C26H31N/c1-18(2)13-23-16-26(27-17-24(23)14-19(3)4)22-12-11-20(5)25(15-22)21-9-7-6-8-10-21/h6-12,15-19H,13-14H2,1-5H3. The van der Waals surface area contributed by atoms with Gasteiger partial charge >= 0.3 is 0 Å². The van der Waals surface area contributed by atoms with Gasteiger partial charge in [0.15, 0.2) is 0 Å². The fourth-order valence-corrected chi connectivity index (χ4v) is 3.65. The average Bonchev–Trinajstić information content (AvgIpc) is 2.63. The highest BCUT2D eigenvalue weighted by Crippen LogP contribution is 2.30. The number of aryl methyl sites for hydroxylation is 1. The molecular weight excluding hydrogens is 326 g/mol. The molecule has 1 aromatic heterocycles. The van der Waals surface area contributed by atoms with E-state index in [1.165, 1.54) is 33.4 Å². The second kappa shape index (κ2) is 8.52. The Kier molecular flexibility index (Phi) is 6.11. The van der Waals surface area contributed by atoms with Crippen LogP contribution in [0, 0.1) is 18.8 Å². The van der Waals surface area contributed by atoms with Crippen LogP contribution in [0.1, 0.15) is 44.4 Å². The first kappa shape index (κ1) is 19.4. The number of hydrogen-bond acceptors (Lipinski definition) is 1. The zero-order valence-corrected chi connectivity index (χ0v) is 17.3. The summed E-state index contributed by atoms with van der Waals surface area (Å²) in [5.74, 6) is 1.29. The van der Waals surface area contributed by atoms with E-state index in [0.29, 0.717) is 11.8 Å². The van der Waals surface area contributed by atoms with Crippen molar-refractivity contribution in [1.29, 1.82) is 0 Å². The third-order valence-corrected chi connectivity index (χ3v) is 4.96. The Bertz CT molecular complexity index is 891. The van der Waals surface area contributed by atoms with Gasteiger partial charge in [0, 0.05) is 11.8 Å². The molecule has 140 valence electrons. The van der Waals surface area contributed by atoms with Crippen LogP contribution in [0.5, 0.6) is 0 Å². The predicted octanol–water partition coefficient (Wildman–Crippen LogP) is 7.12. The Morgan fingerprint density at radius 1 is 0.741 bits per heavy atom. The molecule has 3 rings (SSSR count). The molecule has 0 aliphatic carbocycles. The van der Waals surface area contributed by atoms with Crippen molar-refractivity contribution in [2.24, 2.45) is 11.8 Å². The van der Waals surface area contributed by atoms with Gasteiger partial charge in [-0.05, 0) is 71.6 Å². The third-order valence-electron chi connectivity index (χ3n) is 4.96. The SMILES string of the molecule is Cc1ccc(-c2cc(CC(C)C)c(CC(C)C)cn2)cc1-c1ccccc1. The van der Waals surface area contributed by atoms with E-state index in [4.69, 9.17) is 4.98 Å². The quantitative estimate of drug-likeness (QED) is 0.457. The van der Waals surface area contributed by atoms with Crippen molar-refractivity contribution in [3.63, 3.8) is 0 Å². The smallest absolute Gasteiger partial charge is 0.0705 e. The fraction of sp³-hybridized carbons (Fsp3) is 0.346. The van der Waals surface area contributed by atoms with Crippen molar-refractivity contribution in [1.82, 2.24) is 4.98 Å². The normalized spacial score (nSPS) is 11.4. The molecular formula is C26H31N. The molecule has 0 bridgehead atoms. The molecule has 27 heavy (non-hydrogen) atoms. The summed E-state index contributed by atoms with van der Waals surface area (Å²) in [5, 5.41) is 0. The largest absolute Gasteiger partial charge is 0.256 e. The lowest BCUT2D eigenvalue weighted by Gasteiger charge is -2.15. The van der Waals surface area contributed by atoms with Gasteiger partial charge in [0.2, 0.25) is 0 Å². The van der Waals surface area contributed by atoms with Crippen molar-refractivity contribution in [2.75, 3.05) is 0 Å². The minimum Gasteiger partial charge on any atom is -0.256 e. The predicted molar refractivity (Wildman–Crippen MR) is 117 cm³/mol. The van der Waals surface area contributed by atoms with E-state index in [1.807, 2.05) is 0 Å². The summed E-state index contributed by atoms with van der Waals surface area (Å²) in [6.07, 6.45) is 4.31. The van der Waals surface area contributed by atoms with Gasteiger partial charge in [-0.2, -0.15) is 0 Å². The third kappa shape index (κ3) is 4.86. The van der Waals surface area contributed by atoms with Crippen LogP contribution in [0.4, 0.5) is 0 Å². The molecule has 1 heteroatoms. The molecule has 0 radical (unpaired) electrons. The van der Waals surface area contributed by atoms with Gasteiger partial charge in [-0.1, -0.05) is 70.2 Å². The molecule has 0 N–H and O–H groups in total. The molecule has 0 amide bonds. The molecule has 0 saturated carbocycles. The van der Waals surface area contributed by atoms with Crippen molar-refractivity contribution >= 4 is 0 Å². The summed E-state index contributed by atoms with van der Waals surface area (Å²) in [5.41, 5.74) is 8.96. The lowest BCUT2D eigenvalue weighted by Crippen LogP contribution is -2.04. The van der Waals surface area contributed by atoms with Gasteiger partial charge in [0.25, 0.3) is 0 Å². The van der Waals surface area contributed by atoms with E-state index in [1.54, 1.807) is 0 Å². The van der Waals surface area contributed by atoms with Crippen LogP contribution in [0.3, 0.4) is 0 Å². The summed E-state index contributed by atoms with van der Waals surface area (Å²) in [6.45, 7) is 11.3. The second-order valence-electron chi connectivity index (χ2n) is 8.43. The highest BCUT2D eigenvalue weighted by Gasteiger charge is 2.11. The van der Waals surface area contributed by atoms with E-state index in [-0.39, 0.29) is 0 Å². The van der Waals surface area contributed by atoms with Crippen molar-refractivity contribution in [3.05, 3.63) is 77.5 Å². The van der Waals surface area contributed by atoms with Crippen LogP contribution in [0.15, 0.2) is 60.8 Å². The van der Waals surface area contributed by atoms with Crippen molar-refractivity contribution < 1.29 is 0 Å². The number of benzene rings is 2. The summed E-state index contributed by atoms with van der Waals surface area (Å²) in [7, 11) is 0. The van der Waals surface area contributed by atoms with Crippen molar-refractivity contribution in [2.45, 2.75) is 47.5 Å². The summed E-state index contributed by atoms with van der Waals surface area (Å²) in [4.78, 5) is 4.83. The van der Waals surface area contributed by atoms with Gasteiger partial charge in [-0.3, -0.25) is 4.98 Å². The number of nitrogens with zero attached hydrogens (tertiary/aromatic N) is 1. The van der Waals surface area contributed by atoms with Gasteiger partial charge in [-0.25, -0.2) is 0 Å². The van der Waals surface area contributed by atoms with Gasteiger partial charge in [-0.15, -0.1) is 0 Å². The highest BCUT2D eigenvalue weighted by atomic mass is 14.7. The first-order valence-corrected chi connectivity index (χ1v) is 10.1. The zero-order valence-electron chi connectivity index (χ0n) is 17.3. The first-order valence-electron chi connectivity index (χ1n) is 10.1. The molecule has 0 atom stereocenters. The van der Waals surface area contributed by atoms with Crippen LogP contribution in [-0.4, -0.2) is 4.98 Å². The average molecular weight is 358 g/mol. The van der Waals surface area contributed by atoms with Gasteiger partial charge in [0.1, 0.15) is 0 Å². The maximum absolute atomic E-state index is 4.83.